The molecule has 1 aliphatic heterocycles. The quantitative estimate of drug-likeness (QED) is 0.753. The van der Waals surface area contributed by atoms with Crippen molar-refractivity contribution in [2.75, 3.05) is 12.8 Å². The Hall–Kier alpha value is -0.340. The zero-order chi connectivity index (χ0) is 11.6. The minimum Gasteiger partial charge on any atom is -0.308 e. The van der Waals surface area contributed by atoms with E-state index in [0.717, 1.165) is 5.56 Å². The van der Waals surface area contributed by atoms with Gasteiger partial charge in [-0.2, -0.15) is 0 Å². The lowest BCUT2D eigenvalue weighted by Gasteiger charge is -2.29. The smallest absolute Gasteiger partial charge is 0.308 e. The molecular weight excluding hydrogens is 247 g/mol. The third-order valence-corrected chi connectivity index (χ3v) is 4.72. The van der Waals surface area contributed by atoms with Gasteiger partial charge in [-0.15, -0.1) is 0 Å². The molecule has 0 N–H and O–H groups in total. The van der Waals surface area contributed by atoms with E-state index in [-0.39, 0.29) is 6.10 Å². The molecule has 0 bridgehead atoms. The van der Waals surface area contributed by atoms with Crippen molar-refractivity contribution in [2.45, 2.75) is 19.4 Å². The molecule has 1 fully saturated rings. The zero-order valence-electron chi connectivity index (χ0n) is 9.06. The van der Waals surface area contributed by atoms with Crippen molar-refractivity contribution in [1.29, 1.82) is 0 Å². The standard InChI is InChI=1S/C11H14ClO3P/c1-2-16(13)14-7-6-11(15-16)9-4-3-5-10(12)8-9/h3-5,8,11H,2,6-7H2,1H3/t11-,16?/m0/s1. The maximum Gasteiger partial charge on any atom is 0.330 e. The molecule has 1 aromatic carbocycles. The fourth-order valence-electron chi connectivity index (χ4n) is 1.68. The number of halogens is 1. The Bertz CT molecular complexity index is 421. The molecule has 0 radical (unpaired) electrons. The van der Waals surface area contributed by atoms with E-state index in [4.69, 9.17) is 20.6 Å². The summed E-state index contributed by atoms with van der Waals surface area (Å²) in [5.41, 5.74) is 0.962. The first-order valence-corrected chi connectivity index (χ1v) is 7.41. The summed E-state index contributed by atoms with van der Waals surface area (Å²) < 4.78 is 22.7. The number of hydrogen-bond donors (Lipinski definition) is 0. The van der Waals surface area contributed by atoms with E-state index in [0.29, 0.717) is 24.2 Å². The Morgan fingerprint density at radius 1 is 1.56 bits per heavy atom. The first-order valence-electron chi connectivity index (χ1n) is 5.30. The molecule has 0 aliphatic carbocycles. The van der Waals surface area contributed by atoms with Crippen LogP contribution >= 0.6 is 19.2 Å². The minimum absolute atomic E-state index is 0.168. The Balaban J connectivity index is 2.19. The summed E-state index contributed by atoms with van der Waals surface area (Å²) in [7, 11) is -2.87. The summed E-state index contributed by atoms with van der Waals surface area (Å²) >= 11 is 5.91. The van der Waals surface area contributed by atoms with Crippen molar-refractivity contribution < 1.29 is 13.6 Å². The highest BCUT2D eigenvalue weighted by Crippen LogP contribution is 2.55. The lowest BCUT2D eigenvalue weighted by molar-refractivity contribution is 0.0820. The molecule has 1 heterocycles. The number of rotatable bonds is 2. The molecule has 0 spiro atoms. The second-order valence-corrected chi connectivity index (χ2v) is 6.46. The van der Waals surface area contributed by atoms with Crippen molar-refractivity contribution in [2.24, 2.45) is 0 Å². The van der Waals surface area contributed by atoms with Crippen molar-refractivity contribution in [3.05, 3.63) is 34.9 Å². The van der Waals surface area contributed by atoms with E-state index in [1.807, 2.05) is 24.3 Å². The van der Waals surface area contributed by atoms with Crippen LogP contribution in [0.4, 0.5) is 0 Å². The molecule has 1 unspecified atom stereocenters. The van der Waals surface area contributed by atoms with Gasteiger partial charge in [0.15, 0.2) is 0 Å². The van der Waals surface area contributed by atoms with Crippen LogP contribution in [0, 0.1) is 0 Å². The van der Waals surface area contributed by atoms with Gasteiger partial charge in [0, 0.05) is 17.6 Å². The van der Waals surface area contributed by atoms with Gasteiger partial charge in [0.25, 0.3) is 0 Å². The summed E-state index contributed by atoms with van der Waals surface area (Å²) in [6, 6.07) is 7.45. The molecule has 0 saturated carbocycles. The molecule has 1 aromatic rings. The van der Waals surface area contributed by atoms with Gasteiger partial charge >= 0.3 is 7.60 Å². The van der Waals surface area contributed by atoms with E-state index in [1.165, 1.54) is 0 Å². The van der Waals surface area contributed by atoms with Gasteiger partial charge in [-0.05, 0) is 17.7 Å². The fraction of sp³-hybridized carbons (Fsp3) is 0.455. The van der Waals surface area contributed by atoms with Crippen LogP contribution in [-0.4, -0.2) is 12.8 Å². The molecule has 1 saturated heterocycles. The number of benzene rings is 1. The van der Waals surface area contributed by atoms with Crippen LogP contribution in [0.15, 0.2) is 24.3 Å². The van der Waals surface area contributed by atoms with Gasteiger partial charge in [-0.3, -0.25) is 4.57 Å². The van der Waals surface area contributed by atoms with E-state index < -0.39 is 7.60 Å². The van der Waals surface area contributed by atoms with E-state index >= 15 is 0 Å². The Kier molecular flexibility index (Phi) is 3.70. The van der Waals surface area contributed by atoms with Gasteiger partial charge in [-0.25, -0.2) is 0 Å². The third-order valence-electron chi connectivity index (χ3n) is 2.56. The molecule has 3 nitrogen and oxygen atoms in total. The highest BCUT2D eigenvalue weighted by Gasteiger charge is 2.32. The summed E-state index contributed by atoms with van der Waals surface area (Å²) in [5, 5.41) is 0.666. The minimum atomic E-state index is -2.87. The molecule has 0 amide bonds. The van der Waals surface area contributed by atoms with E-state index in [1.54, 1.807) is 6.92 Å². The topological polar surface area (TPSA) is 35.5 Å². The predicted molar refractivity (Wildman–Crippen MR) is 64.0 cm³/mol. The Morgan fingerprint density at radius 2 is 2.38 bits per heavy atom. The van der Waals surface area contributed by atoms with Crippen LogP contribution < -0.4 is 0 Å². The van der Waals surface area contributed by atoms with Crippen LogP contribution in [0.5, 0.6) is 0 Å². The second-order valence-electron chi connectivity index (χ2n) is 3.70. The molecule has 5 heteroatoms. The average molecular weight is 261 g/mol. The summed E-state index contributed by atoms with van der Waals surface area (Å²) in [4.78, 5) is 0. The molecular formula is C11H14ClO3P. The largest absolute Gasteiger partial charge is 0.330 e. The van der Waals surface area contributed by atoms with Crippen molar-refractivity contribution in [3.63, 3.8) is 0 Å². The molecule has 2 atom stereocenters. The van der Waals surface area contributed by atoms with Gasteiger partial charge in [-0.1, -0.05) is 30.7 Å². The van der Waals surface area contributed by atoms with Crippen molar-refractivity contribution in [1.82, 2.24) is 0 Å². The van der Waals surface area contributed by atoms with Crippen LogP contribution in [0.1, 0.15) is 25.0 Å². The monoisotopic (exact) mass is 260 g/mol. The summed E-state index contributed by atoms with van der Waals surface area (Å²) in [6.07, 6.45) is 0.951. The lowest BCUT2D eigenvalue weighted by Crippen LogP contribution is -2.14. The number of hydrogen-bond acceptors (Lipinski definition) is 3. The maximum absolute atomic E-state index is 12.0. The van der Waals surface area contributed by atoms with Crippen LogP contribution in [0.2, 0.25) is 5.02 Å². The van der Waals surface area contributed by atoms with Crippen LogP contribution in [0.3, 0.4) is 0 Å². The predicted octanol–water partition coefficient (Wildman–Crippen LogP) is 4.03. The van der Waals surface area contributed by atoms with Crippen molar-refractivity contribution >= 4 is 19.2 Å². The Morgan fingerprint density at radius 3 is 3.06 bits per heavy atom. The molecule has 16 heavy (non-hydrogen) atoms. The lowest BCUT2D eigenvalue weighted by atomic mass is 10.1. The van der Waals surface area contributed by atoms with Gasteiger partial charge in [0.05, 0.1) is 12.7 Å². The van der Waals surface area contributed by atoms with E-state index in [2.05, 4.69) is 0 Å². The highest BCUT2D eigenvalue weighted by molar-refractivity contribution is 7.53. The molecule has 2 rings (SSSR count). The second kappa shape index (κ2) is 4.89. The highest BCUT2D eigenvalue weighted by atomic mass is 35.5. The summed E-state index contributed by atoms with van der Waals surface area (Å²) in [6.45, 7) is 2.28. The fourth-order valence-corrected chi connectivity index (χ4v) is 3.27. The van der Waals surface area contributed by atoms with Crippen molar-refractivity contribution in [3.8, 4) is 0 Å². The Labute approximate surface area is 100 Å². The first-order chi connectivity index (χ1) is 7.63. The van der Waals surface area contributed by atoms with Gasteiger partial charge in [0.1, 0.15) is 0 Å². The van der Waals surface area contributed by atoms with Gasteiger partial charge in [0.2, 0.25) is 0 Å². The third kappa shape index (κ3) is 2.67. The molecule has 1 aliphatic rings. The van der Waals surface area contributed by atoms with Gasteiger partial charge < -0.3 is 9.05 Å². The SMILES string of the molecule is CCP1(=O)OCC[C@@H](c2cccc(Cl)c2)O1. The normalized spacial score (nSPS) is 30.2. The average Bonchev–Trinajstić information content (AvgIpc) is 2.29. The maximum atomic E-state index is 12.0. The van der Waals surface area contributed by atoms with Crippen LogP contribution in [0.25, 0.3) is 0 Å². The van der Waals surface area contributed by atoms with E-state index in [9.17, 15) is 4.57 Å². The summed E-state index contributed by atoms with van der Waals surface area (Å²) in [5.74, 6) is 0. The molecule has 0 aromatic heterocycles. The first kappa shape index (κ1) is 12.1. The van der Waals surface area contributed by atoms with Crippen LogP contribution in [-0.2, 0) is 13.6 Å². The molecule has 88 valence electrons. The zero-order valence-corrected chi connectivity index (χ0v) is 10.7.